The minimum absolute atomic E-state index is 0.129. The van der Waals surface area contributed by atoms with Crippen LogP contribution in [-0.4, -0.2) is 15.5 Å². The number of nitrogens with zero attached hydrogens (tertiary/aromatic N) is 2. The summed E-state index contributed by atoms with van der Waals surface area (Å²) in [6.45, 7) is 0. The average Bonchev–Trinajstić information content (AvgIpc) is 2.99. The molecule has 1 amide bonds. The summed E-state index contributed by atoms with van der Waals surface area (Å²) >= 11 is 1.41. The number of aromatic nitrogens is 2. The van der Waals surface area contributed by atoms with Crippen molar-refractivity contribution in [2.45, 2.75) is 0 Å². The first-order valence-electron chi connectivity index (χ1n) is 5.50. The third-order valence-corrected chi connectivity index (χ3v) is 3.49. The Hall–Kier alpha value is -2.14. The molecule has 1 aromatic carbocycles. The van der Waals surface area contributed by atoms with Crippen LogP contribution in [0, 0.1) is 0 Å². The molecule has 0 saturated heterocycles. The summed E-state index contributed by atoms with van der Waals surface area (Å²) in [4.78, 5) is 16.0. The maximum atomic E-state index is 12.0. The normalized spacial score (nSPS) is 10.7. The number of nitrogens with one attached hydrogen (secondary N) is 1. The standard InChI is InChI=1S/C13H11N3OS/c1-16-6-4-9-8-10(2-3-11(9)16)12(17)15-13-14-5-7-18-13/h2-8H,1H3,(H,14,15,17). The molecule has 0 radical (unpaired) electrons. The molecule has 0 aliphatic heterocycles. The summed E-state index contributed by atoms with van der Waals surface area (Å²) in [5.74, 6) is -0.129. The van der Waals surface area contributed by atoms with Crippen LogP contribution in [0.15, 0.2) is 42.0 Å². The van der Waals surface area contributed by atoms with E-state index < -0.39 is 0 Å². The van der Waals surface area contributed by atoms with Gasteiger partial charge in [0.1, 0.15) is 0 Å². The number of hydrogen-bond acceptors (Lipinski definition) is 3. The summed E-state index contributed by atoms with van der Waals surface area (Å²) in [7, 11) is 1.98. The predicted octanol–water partition coefficient (Wildman–Crippen LogP) is 2.89. The van der Waals surface area contributed by atoms with Gasteiger partial charge in [0.15, 0.2) is 5.13 Å². The van der Waals surface area contributed by atoms with Gasteiger partial charge in [0.2, 0.25) is 0 Å². The van der Waals surface area contributed by atoms with Gasteiger partial charge in [-0.15, -0.1) is 11.3 Å². The zero-order valence-corrected chi connectivity index (χ0v) is 10.6. The summed E-state index contributed by atoms with van der Waals surface area (Å²) in [6.07, 6.45) is 3.65. The number of carbonyl (C=O) groups excluding carboxylic acids is 1. The molecule has 2 aromatic heterocycles. The first kappa shape index (κ1) is 11.0. The highest BCUT2D eigenvalue weighted by Gasteiger charge is 2.08. The van der Waals surface area contributed by atoms with Gasteiger partial charge < -0.3 is 4.57 Å². The van der Waals surface area contributed by atoms with Gasteiger partial charge in [-0.3, -0.25) is 10.1 Å². The molecule has 0 aliphatic carbocycles. The molecule has 5 heteroatoms. The van der Waals surface area contributed by atoms with Crippen molar-refractivity contribution < 1.29 is 4.79 Å². The molecule has 0 saturated carbocycles. The lowest BCUT2D eigenvalue weighted by molar-refractivity contribution is 0.102. The molecule has 1 N–H and O–H groups in total. The zero-order chi connectivity index (χ0) is 12.5. The minimum atomic E-state index is -0.129. The van der Waals surface area contributed by atoms with E-state index in [1.54, 1.807) is 6.20 Å². The third-order valence-electron chi connectivity index (χ3n) is 2.80. The van der Waals surface area contributed by atoms with Crippen molar-refractivity contribution in [3.05, 3.63) is 47.6 Å². The lowest BCUT2D eigenvalue weighted by Crippen LogP contribution is -2.11. The topological polar surface area (TPSA) is 46.9 Å². The van der Waals surface area contributed by atoms with Gasteiger partial charge in [-0.1, -0.05) is 0 Å². The molecular formula is C13H11N3OS. The maximum Gasteiger partial charge on any atom is 0.257 e. The van der Waals surface area contributed by atoms with E-state index in [1.807, 2.05) is 47.5 Å². The van der Waals surface area contributed by atoms with Crippen molar-refractivity contribution in [3.63, 3.8) is 0 Å². The number of anilines is 1. The number of thiazole rings is 1. The molecule has 3 rings (SSSR count). The molecule has 18 heavy (non-hydrogen) atoms. The molecule has 0 unspecified atom stereocenters. The van der Waals surface area contributed by atoms with E-state index in [0.29, 0.717) is 10.7 Å². The molecular weight excluding hydrogens is 246 g/mol. The summed E-state index contributed by atoms with van der Waals surface area (Å²) < 4.78 is 2.03. The lowest BCUT2D eigenvalue weighted by Gasteiger charge is -2.02. The number of amides is 1. The fraction of sp³-hybridized carbons (Fsp3) is 0.0769. The van der Waals surface area contributed by atoms with Crippen molar-refractivity contribution in [1.82, 2.24) is 9.55 Å². The highest BCUT2D eigenvalue weighted by molar-refractivity contribution is 7.13. The smallest absolute Gasteiger partial charge is 0.257 e. The van der Waals surface area contributed by atoms with Crippen LogP contribution in [0.4, 0.5) is 5.13 Å². The van der Waals surface area contributed by atoms with E-state index in [9.17, 15) is 4.79 Å². The number of rotatable bonds is 2. The number of benzene rings is 1. The van der Waals surface area contributed by atoms with Gasteiger partial charge in [0, 0.05) is 41.3 Å². The van der Waals surface area contributed by atoms with E-state index in [-0.39, 0.29) is 5.91 Å². The summed E-state index contributed by atoms with van der Waals surface area (Å²) in [5.41, 5.74) is 1.75. The van der Waals surface area contributed by atoms with Crippen LogP contribution in [0.1, 0.15) is 10.4 Å². The molecule has 0 aliphatic rings. The van der Waals surface area contributed by atoms with Gasteiger partial charge >= 0.3 is 0 Å². The largest absolute Gasteiger partial charge is 0.351 e. The quantitative estimate of drug-likeness (QED) is 0.767. The molecule has 3 aromatic rings. The van der Waals surface area contributed by atoms with Crippen LogP contribution in [0.25, 0.3) is 10.9 Å². The van der Waals surface area contributed by atoms with Crippen LogP contribution in [0.5, 0.6) is 0 Å². The SMILES string of the molecule is Cn1ccc2cc(C(=O)Nc3nccs3)ccc21. The second-order valence-corrected chi connectivity index (χ2v) is 4.89. The second kappa shape index (κ2) is 4.27. The third kappa shape index (κ3) is 1.89. The fourth-order valence-corrected chi connectivity index (χ4v) is 2.40. The number of carbonyl (C=O) groups is 1. The maximum absolute atomic E-state index is 12.0. The van der Waals surface area contributed by atoms with E-state index in [4.69, 9.17) is 0 Å². The van der Waals surface area contributed by atoms with Gasteiger partial charge in [-0.05, 0) is 24.3 Å². The van der Waals surface area contributed by atoms with Crippen molar-refractivity contribution in [2.75, 3.05) is 5.32 Å². The van der Waals surface area contributed by atoms with Crippen molar-refractivity contribution in [3.8, 4) is 0 Å². The Bertz CT molecular complexity index is 700. The van der Waals surface area contributed by atoms with Gasteiger partial charge in [0.25, 0.3) is 5.91 Å². The van der Waals surface area contributed by atoms with Gasteiger partial charge in [-0.25, -0.2) is 4.98 Å². The Balaban J connectivity index is 1.92. The Morgan fingerprint density at radius 3 is 3.06 bits per heavy atom. The molecule has 4 nitrogen and oxygen atoms in total. The highest BCUT2D eigenvalue weighted by atomic mass is 32.1. The number of aryl methyl sites for hydroxylation is 1. The van der Waals surface area contributed by atoms with Crippen LogP contribution in [0.2, 0.25) is 0 Å². The van der Waals surface area contributed by atoms with Crippen LogP contribution in [0.3, 0.4) is 0 Å². The summed E-state index contributed by atoms with van der Waals surface area (Å²) in [6, 6.07) is 7.66. The lowest BCUT2D eigenvalue weighted by atomic mass is 10.1. The molecule has 0 bridgehead atoms. The molecule has 0 atom stereocenters. The van der Waals surface area contributed by atoms with Gasteiger partial charge in [0.05, 0.1) is 0 Å². The monoisotopic (exact) mass is 257 g/mol. The zero-order valence-electron chi connectivity index (χ0n) is 9.75. The molecule has 90 valence electrons. The molecule has 2 heterocycles. The second-order valence-electron chi connectivity index (χ2n) is 3.99. The Labute approximate surface area is 108 Å². The minimum Gasteiger partial charge on any atom is -0.351 e. The average molecular weight is 257 g/mol. The van der Waals surface area contributed by atoms with E-state index in [0.717, 1.165) is 10.9 Å². The van der Waals surface area contributed by atoms with Crippen LogP contribution in [-0.2, 0) is 7.05 Å². The number of hydrogen-bond donors (Lipinski definition) is 1. The fourth-order valence-electron chi connectivity index (χ4n) is 1.88. The first-order chi connectivity index (χ1) is 8.74. The van der Waals surface area contributed by atoms with E-state index >= 15 is 0 Å². The molecule has 0 spiro atoms. The van der Waals surface area contributed by atoms with Crippen molar-refractivity contribution in [2.24, 2.45) is 7.05 Å². The molecule has 0 fully saturated rings. The van der Waals surface area contributed by atoms with E-state index in [1.165, 1.54) is 11.3 Å². The van der Waals surface area contributed by atoms with Crippen LogP contribution >= 0.6 is 11.3 Å². The van der Waals surface area contributed by atoms with Crippen molar-refractivity contribution in [1.29, 1.82) is 0 Å². The predicted molar refractivity (Wildman–Crippen MR) is 73.0 cm³/mol. The van der Waals surface area contributed by atoms with Crippen molar-refractivity contribution >= 4 is 33.3 Å². The van der Waals surface area contributed by atoms with E-state index in [2.05, 4.69) is 10.3 Å². The van der Waals surface area contributed by atoms with Crippen LogP contribution < -0.4 is 5.32 Å². The first-order valence-corrected chi connectivity index (χ1v) is 6.38. The Kier molecular flexibility index (Phi) is 2.60. The number of fused-ring (bicyclic) bond motifs is 1. The Morgan fingerprint density at radius 2 is 2.28 bits per heavy atom. The Morgan fingerprint density at radius 1 is 1.39 bits per heavy atom. The van der Waals surface area contributed by atoms with Gasteiger partial charge in [-0.2, -0.15) is 0 Å². The summed E-state index contributed by atoms with van der Waals surface area (Å²) in [5, 5.41) is 6.28. The highest BCUT2D eigenvalue weighted by Crippen LogP contribution is 2.18.